The van der Waals surface area contributed by atoms with Crippen LogP contribution in [0.5, 0.6) is 5.75 Å². The fraction of sp³-hybridized carbons (Fsp3) is 0.167. The van der Waals surface area contributed by atoms with Gasteiger partial charge in [-0.2, -0.15) is 0 Å². The summed E-state index contributed by atoms with van der Waals surface area (Å²) in [7, 11) is 0. The van der Waals surface area contributed by atoms with E-state index in [9.17, 15) is 9.90 Å². The number of benzene rings is 1. The highest BCUT2D eigenvalue weighted by atomic mass is 16.3. The number of nitrogens with one attached hydrogen (secondary N) is 1. The summed E-state index contributed by atoms with van der Waals surface area (Å²) in [5.74, 6) is -0.116. The number of aromatic nitrogens is 2. The van der Waals surface area contributed by atoms with E-state index in [1.54, 1.807) is 6.07 Å². The summed E-state index contributed by atoms with van der Waals surface area (Å²) in [4.78, 5) is 20.8. The molecular weight excluding hydrogens is 290 g/mol. The molecule has 0 unspecified atom stereocenters. The predicted molar refractivity (Wildman–Crippen MR) is 89.5 cm³/mol. The predicted octanol–water partition coefficient (Wildman–Crippen LogP) is 3.13. The lowest BCUT2D eigenvalue weighted by atomic mass is 9.99. The van der Waals surface area contributed by atoms with Gasteiger partial charge >= 0.3 is 0 Å². The van der Waals surface area contributed by atoms with Gasteiger partial charge in [-0.05, 0) is 43.2 Å². The van der Waals surface area contributed by atoms with E-state index in [-0.39, 0.29) is 23.9 Å². The van der Waals surface area contributed by atoms with Crippen molar-refractivity contribution in [3.05, 3.63) is 59.4 Å². The third-order valence-electron chi connectivity index (χ3n) is 3.87. The molecule has 0 aliphatic carbocycles. The second-order valence-corrected chi connectivity index (χ2v) is 5.41. The van der Waals surface area contributed by atoms with Crippen molar-refractivity contribution in [2.24, 2.45) is 0 Å². The largest absolute Gasteiger partial charge is 0.504 e. The third-order valence-corrected chi connectivity index (χ3v) is 3.87. The minimum absolute atomic E-state index is 0.0501. The van der Waals surface area contributed by atoms with Gasteiger partial charge in [-0.3, -0.25) is 9.78 Å². The van der Waals surface area contributed by atoms with E-state index in [4.69, 9.17) is 0 Å². The van der Waals surface area contributed by atoms with Crippen molar-refractivity contribution >= 4 is 22.6 Å². The molecule has 0 bridgehead atoms. The van der Waals surface area contributed by atoms with Crippen LogP contribution in [0.15, 0.2) is 42.6 Å². The van der Waals surface area contributed by atoms with Gasteiger partial charge in [-0.1, -0.05) is 18.2 Å². The van der Waals surface area contributed by atoms with Crippen LogP contribution in [0.1, 0.15) is 16.8 Å². The Kier molecular flexibility index (Phi) is 3.93. The molecule has 2 N–H and O–H groups in total. The second-order valence-electron chi connectivity index (χ2n) is 5.41. The highest BCUT2D eigenvalue weighted by molar-refractivity contribution is 5.94. The van der Waals surface area contributed by atoms with E-state index in [0.29, 0.717) is 0 Å². The third kappa shape index (κ3) is 2.99. The number of hydrogen-bond acceptors (Lipinski definition) is 4. The van der Waals surface area contributed by atoms with Crippen molar-refractivity contribution in [3.63, 3.8) is 0 Å². The Morgan fingerprint density at radius 2 is 1.96 bits per heavy atom. The zero-order valence-corrected chi connectivity index (χ0v) is 13.0. The van der Waals surface area contributed by atoms with Crippen LogP contribution in [0, 0.1) is 13.8 Å². The van der Waals surface area contributed by atoms with Gasteiger partial charge in [0.15, 0.2) is 11.6 Å². The van der Waals surface area contributed by atoms with Crippen LogP contribution in [-0.2, 0) is 11.2 Å². The van der Waals surface area contributed by atoms with E-state index in [2.05, 4.69) is 15.3 Å². The first-order valence-electron chi connectivity index (χ1n) is 7.35. The lowest BCUT2D eigenvalue weighted by Crippen LogP contribution is -2.17. The first-order valence-corrected chi connectivity index (χ1v) is 7.35. The number of anilines is 1. The number of hydrogen-bond donors (Lipinski definition) is 2. The fourth-order valence-electron chi connectivity index (χ4n) is 2.66. The molecule has 3 aromatic rings. The van der Waals surface area contributed by atoms with Gasteiger partial charge in [0, 0.05) is 17.3 Å². The SMILES string of the molecule is Cc1nc2ccccc2c(C)c1CC(=O)Nc1ncccc1O. The van der Waals surface area contributed by atoms with E-state index in [1.165, 1.54) is 12.3 Å². The van der Waals surface area contributed by atoms with Crippen LogP contribution in [0.2, 0.25) is 0 Å². The van der Waals surface area contributed by atoms with Crippen LogP contribution >= 0.6 is 0 Å². The molecule has 0 saturated heterocycles. The Labute approximate surface area is 134 Å². The molecule has 0 radical (unpaired) electrons. The normalized spacial score (nSPS) is 10.7. The standard InChI is InChI=1S/C18H17N3O2/c1-11-13-6-3-4-7-15(13)20-12(2)14(11)10-17(23)21-18-16(22)8-5-9-19-18/h3-9,22H,10H2,1-2H3,(H,19,21,23). The van der Waals surface area contributed by atoms with Gasteiger partial charge in [-0.15, -0.1) is 0 Å². The molecule has 5 heteroatoms. The summed E-state index contributed by atoms with van der Waals surface area (Å²) >= 11 is 0. The average molecular weight is 307 g/mol. The Morgan fingerprint density at radius 3 is 2.74 bits per heavy atom. The van der Waals surface area contributed by atoms with Crippen molar-refractivity contribution in [3.8, 4) is 5.75 Å². The van der Waals surface area contributed by atoms with Gasteiger partial charge < -0.3 is 10.4 Å². The van der Waals surface area contributed by atoms with Crippen LogP contribution in [0.4, 0.5) is 5.82 Å². The van der Waals surface area contributed by atoms with Crippen LogP contribution in [0.25, 0.3) is 10.9 Å². The van der Waals surface area contributed by atoms with Crippen molar-refractivity contribution in [2.45, 2.75) is 20.3 Å². The molecule has 0 spiro atoms. The van der Waals surface area contributed by atoms with E-state index in [0.717, 1.165) is 27.7 Å². The van der Waals surface area contributed by atoms with Crippen molar-refractivity contribution in [1.29, 1.82) is 0 Å². The molecule has 0 atom stereocenters. The molecule has 0 aliphatic heterocycles. The topological polar surface area (TPSA) is 75.1 Å². The molecule has 3 rings (SSSR count). The molecule has 2 aromatic heterocycles. The van der Waals surface area contributed by atoms with Gasteiger partial charge in [0.25, 0.3) is 0 Å². The zero-order valence-electron chi connectivity index (χ0n) is 13.0. The lowest BCUT2D eigenvalue weighted by Gasteiger charge is -2.12. The minimum atomic E-state index is -0.234. The van der Waals surface area contributed by atoms with Crippen LogP contribution in [0.3, 0.4) is 0 Å². The highest BCUT2D eigenvalue weighted by Gasteiger charge is 2.14. The Balaban J connectivity index is 1.89. The number of aryl methyl sites for hydroxylation is 2. The maximum Gasteiger partial charge on any atom is 0.230 e. The maximum absolute atomic E-state index is 12.3. The Morgan fingerprint density at radius 1 is 1.17 bits per heavy atom. The number of nitrogens with zero attached hydrogens (tertiary/aromatic N) is 2. The van der Waals surface area contributed by atoms with Crippen molar-refractivity contribution in [1.82, 2.24) is 9.97 Å². The summed E-state index contributed by atoms with van der Waals surface area (Å²) < 4.78 is 0. The molecule has 5 nitrogen and oxygen atoms in total. The number of aromatic hydroxyl groups is 1. The number of para-hydroxylation sites is 1. The quantitative estimate of drug-likeness (QED) is 0.779. The molecule has 0 saturated carbocycles. The smallest absolute Gasteiger partial charge is 0.230 e. The number of pyridine rings is 2. The molecule has 1 amide bonds. The number of rotatable bonds is 3. The van der Waals surface area contributed by atoms with Crippen molar-refractivity contribution in [2.75, 3.05) is 5.32 Å². The fourth-order valence-corrected chi connectivity index (χ4v) is 2.66. The van der Waals surface area contributed by atoms with Gasteiger partial charge in [0.1, 0.15) is 0 Å². The van der Waals surface area contributed by atoms with Crippen LogP contribution < -0.4 is 5.32 Å². The first-order chi connectivity index (χ1) is 11.1. The molecule has 1 aromatic carbocycles. The molecular formula is C18H17N3O2. The monoisotopic (exact) mass is 307 g/mol. The second kappa shape index (κ2) is 6.04. The maximum atomic E-state index is 12.3. The van der Waals surface area contributed by atoms with Crippen LogP contribution in [-0.4, -0.2) is 21.0 Å². The summed E-state index contributed by atoms with van der Waals surface area (Å²) in [6.45, 7) is 3.90. The zero-order chi connectivity index (χ0) is 16.4. The highest BCUT2D eigenvalue weighted by Crippen LogP contribution is 2.24. The summed E-state index contributed by atoms with van der Waals surface area (Å²) in [6.07, 6.45) is 1.70. The summed E-state index contributed by atoms with van der Waals surface area (Å²) in [5, 5.41) is 13.4. The number of carbonyl (C=O) groups excluding carboxylic acids is 1. The molecule has 23 heavy (non-hydrogen) atoms. The van der Waals surface area contributed by atoms with E-state index >= 15 is 0 Å². The first kappa shape index (κ1) is 15.0. The van der Waals surface area contributed by atoms with E-state index in [1.807, 2.05) is 38.1 Å². The molecule has 0 aliphatic rings. The Hall–Kier alpha value is -2.95. The number of carbonyl (C=O) groups is 1. The molecule has 0 fully saturated rings. The summed E-state index contributed by atoms with van der Waals surface area (Å²) in [6, 6.07) is 11.0. The van der Waals surface area contributed by atoms with Gasteiger partial charge in [0.05, 0.1) is 11.9 Å². The average Bonchev–Trinajstić information content (AvgIpc) is 2.54. The number of amides is 1. The number of fused-ring (bicyclic) bond motifs is 1. The molecule has 116 valence electrons. The lowest BCUT2D eigenvalue weighted by molar-refractivity contribution is -0.115. The van der Waals surface area contributed by atoms with Gasteiger partial charge in [-0.25, -0.2) is 4.98 Å². The molecule has 2 heterocycles. The van der Waals surface area contributed by atoms with E-state index < -0.39 is 0 Å². The van der Waals surface area contributed by atoms with Crippen molar-refractivity contribution < 1.29 is 9.90 Å². The Bertz CT molecular complexity index is 891. The van der Waals surface area contributed by atoms with Gasteiger partial charge in [0.2, 0.25) is 5.91 Å². The minimum Gasteiger partial charge on any atom is -0.504 e. The summed E-state index contributed by atoms with van der Waals surface area (Å²) in [5.41, 5.74) is 3.71.